The topological polar surface area (TPSA) is 69.5 Å². The summed E-state index contributed by atoms with van der Waals surface area (Å²) in [6.07, 6.45) is 1.52. The molecule has 0 saturated carbocycles. The van der Waals surface area contributed by atoms with Gasteiger partial charge in [-0.3, -0.25) is 4.68 Å². The van der Waals surface area contributed by atoms with Gasteiger partial charge in [0.2, 0.25) is 0 Å². The predicted octanol–water partition coefficient (Wildman–Crippen LogP) is 2.37. The van der Waals surface area contributed by atoms with Crippen molar-refractivity contribution in [1.29, 1.82) is 0 Å². The smallest absolute Gasteiger partial charge is 0.342 e. The summed E-state index contributed by atoms with van der Waals surface area (Å²) in [5.41, 5.74) is 2.61. The van der Waals surface area contributed by atoms with E-state index in [4.69, 9.17) is 9.47 Å². The molecule has 0 aliphatic carbocycles. The van der Waals surface area contributed by atoms with E-state index in [0.29, 0.717) is 37.6 Å². The summed E-state index contributed by atoms with van der Waals surface area (Å²) < 4.78 is 13.2. The monoisotopic (exact) mass is 358 g/mol. The maximum absolute atomic E-state index is 12.4. The van der Waals surface area contributed by atoms with Gasteiger partial charge in [0.25, 0.3) is 0 Å². The van der Waals surface area contributed by atoms with E-state index in [-0.39, 0.29) is 18.2 Å². The number of aromatic nitrogens is 3. The van der Waals surface area contributed by atoms with Gasteiger partial charge in [-0.15, -0.1) is 0 Å². The van der Waals surface area contributed by atoms with E-state index in [1.54, 1.807) is 18.3 Å². The van der Waals surface area contributed by atoms with E-state index in [1.165, 1.54) is 0 Å². The Labute approximate surface area is 153 Å². The Bertz CT molecular complexity index is 772. The Morgan fingerprint density at radius 1 is 1.42 bits per heavy atom. The highest BCUT2D eigenvalue weighted by molar-refractivity contribution is 5.94. The van der Waals surface area contributed by atoms with Gasteiger partial charge in [-0.1, -0.05) is 0 Å². The minimum Gasteiger partial charge on any atom is -0.459 e. The normalized spacial score (nSPS) is 17.6. The molecular weight excluding hydrogens is 332 g/mol. The Hall–Kier alpha value is -2.41. The lowest BCUT2D eigenvalue weighted by atomic mass is 10.2. The summed E-state index contributed by atoms with van der Waals surface area (Å²) in [5.74, 6) is 0.310. The predicted molar refractivity (Wildman–Crippen MR) is 98.4 cm³/mol. The summed E-state index contributed by atoms with van der Waals surface area (Å²) in [7, 11) is 0. The lowest BCUT2D eigenvalue weighted by Crippen LogP contribution is -2.45. The maximum atomic E-state index is 12.4. The zero-order valence-corrected chi connectivity index (χ0v) is 15.8. The molecule has 1 aliphatic rings. The molecule has 0 spiro atoms. The van der Waals surface area contributed by atoms with Gasteiger partial charge in [-0.2, -0.15) is 5.10 Å². The van der Waals surface area contributed by atoms with Crippen LogP contribution >= 0.6 is 0 Å². The fourth-order valence-electron chi connectivity index (χ4n) is 3.16. The molecule has 2 aromatic rings. The quantitative estimate of drug-likeness (QED) is 0.765. The van der Waals surface area contributed by atoms with Crippen LogP contribution in [0, 0.1) is 13.8 Å². The van der Waals surface area contributed by atoms with Gasteiger partial charge in [0.05, 0.1) is 31.1 Å². The van der Waals surface area contributed by atoms with E-state index in [2.05, 4.69) is 21.0 Å². The SMILES string of the molecule is Cc1cc(C)n(CC2CN(c3ncccc3C(=O)OC(C)C)CCO2)n1. The van der Waals surface area contributed by atoms with Crippen LogP contribution in [0.15, 0.2) is 24.4 Å². The first-order valence-corrected chi connectivity index (χ1v) is 8.97. The summed E-state index contributed by atoms with van der Waals surface area (Å²) >= 11 is 0. The molecule has 0 N–H and O–H groups in total. The fourth-order valence-corrected chi connectivity index (χ4v) is 3.16. The highest BCUT2D eigenvalue weighted by Gasteiger charge is 2.26. The lowest BCUT2D eigenvalue weighted by molar-refractivity contribution is 0.0260. The third-order valence-electron chi connectivity index (χ3n) is 4.27. The Morgan fingerprint density at radius 3 is 2.92 bits per heavy atom. The largest absolute Gasteiger partial charge is 0.459 e. The van der Waals surface area contributed by atoms with Gasteiger partial charge in [0.15, 0.2) is 0 Å². The summed E-state index contributed by atoms with van der Waals surface area (Å²) in [5, 5.41) is 4.51. The molecular formula is C19H26N4O3. The summed E-state index contributed by atoms with van der Waals surface area (Å²) in [6, 6.07) is 5.58. The van der Waals surface area contributed by atoms with Gasteiger partial charge in [-0.25, -0.2) is 9.78 Å². The second-order valence-electron chi connectivity index (χ2n) is 6.88. The molecule has 1 fully saturated rings. The molecule has 1 unspecified atom stereocenters. The van der Waals surface area contributed by atoms with Gasteiger partial charge in [0.1, 0.15) is 11.4 Å². The second-order valence-corrected chi connectivity index (χ2v) is 6.88. The number of carbonyl (C=O) groups excluding carboxylic acids is 1. The Morgan fingerprint density at radius 2 is 2.23 bits per heavy atom. The molecule has 7 heteroatoms. The van der Waals surface area contributed by atoms with E-state index in [9.17, 15) is 4.79 Å². The van der Waals surface area contributed by atoms with E-state index in [0.717, 1.165) is 11.4 Å². The van der Waals surface area contributed by atoms with E-state index in [1.807, 2.05) is 32.4 Å². The number of morpholine rings is 1. The molecule has 2 aromatic heterocycles. The van der Waals surface area contributed by atoms with Gasteiger partial charge in [-0.05, 0) is 45.9 Å². The van der Waals surface area contributed by atoms with Crippen molar-refractivity contribution < 1.29 is 14.3 Å². The number of pyridine rings is 1. The number of hydrogen-bond donors (Lipinski definition) is 0. The Kier molecular flexibility index (Phi) is 5.56. The first-order chi connectivity index (χ1) is 12.4. The summed E-state index contributed by atoms with van der Waals surface area (Å²) in [6.45, 7) is 10.3. The van der Waals surface area contributed by atoms with Crippen molar-refractivity contribution in [3.05, 3.63) is 41.3 Å². The minimum atomic E-state index is -0.343. The molecule has 3 rings (SSSR count). The van der Waals surface area contributed by atoms with E-state index >= 15 is 0 Å². The molecule has 7 nitrogen and oxygen atoms in total. The second kappa shape index (κ2) is 7.86. The van der Waals surface area contributed by atoms with Gasteiger partial charge in [0, 0.05) is 25.0 Å². The highest BCUT2D eigenvalue weighted by Crippen LogP contribution is 2.22. The average Bonchev–Trinajstić information content (AvgIpc) is 2.91. The zero-order chi connectivity index (χ0) is 18.7. The summed E-state index contributed by atoms with van der Waals surface area (Å²) in [4.78, 5) is 18.9. The number of aryl methyl sites for hydroxylation is 2. The molecule has 26 heavy (non-hydrogen) atoms. The zero-order valence-electron chi connectivity index (χ0n) is 15.8. The van der Waals surface area contributed by atoms with Crippen molar-refractivity contribution >= 4 is 11.8 Å². The molecule has 3 heterocycles. The van der Waals surface area contributed by atoms with Crippen molar-refractivity contribution in [3.63, 3.8) is 0 Å². The van der Waals surface area contributed by atoms with Crippen molar-refractivity contribution in [2.75, 3.05) is 24.6 Å². The fraction of sp³-hybridized carbons (Fsp3) is 0.526. The molecule has 0 radical (unpaired) electrons. The molecule has 0 amide bonds. The molecule has 1 aliphatic heterocycles. The van der Waals surface area contributed by atoms with Crippen molar-refractivity contribution in [3.8, 4) is 0 Å². The Balaban J connectivity index is 1.75. The molecule has 0 aromatic carbocycles. The third-order valence-corrected chi connectivity index (χ3v) is 4.27. The van der Waals surface area contributed by atoms with Crippen LogP contribution in [0.25, 0.3) is 0 Å². The number of esters is 1. The molecule has 1 saturated heterocycles. The number of nitrogens with zero attached hydrogens (tertiary/aromatic N) is 4. The van der Waals surface area contributed by atoms with Crippen LogP contribution < -0.4 is 4.90 Å². The van der Waals surface area contributed by atoms with Crippen LogP contribution in [0.3, 0.4) is 0 Å². The number of carbonyl (C=O) groups is 1. The van der Waals surface area contributed by atoms with Crippen LogP contribution in [0.1, 0.15) is 35.6 Å². The standard InChI is InChI=1S/C19H26N4O3/c1-13(2)26-19(24)17-6-5-7-20-18(17)22-8-9-25-16(11-22)12-23-15(4)10-14(3)21-23/h5-7,10,13,16H,8-9,11-12H2,1-4H3. The molecule has 0 bridgehead atoms. The van der Waals surface area contributed by atoms with Crippen LogP contribution in [-0.4, -0.2) is 52.6 Å². The average molecular weight is 358 g/mol. The first-order valence-electron chi connectivity index (χ1n) is 8.97. The van der Waals surface area contributed by atoms with Crippen molar-refractivity contribution in [1.82, 2.24) is 14.8 Å². The van der Waals surface area contributed by atoms with Gasteiger partial charge < -0.3 is 14.4 Å². The highest BCUT2D eigenvalue weighted by atomic mass is 16.5. The third kappa shape index (κ3) is 4.22. The number of hydrogen-bond acceptors (Lipinski definition) is 6. The molecule has 1 atom stereocenters. The van der Waals surface area contributed by atoms with E-state index < -0.39 is 0 Å². The van der Waals surface area contributed by atoms with Crippen LogP contribution in [-0.2, 0) is 16.0 Å². The maximum Gasteiger partial charge on any atom is 0.342 e. The van der Waals surface area contributed by atoms with Crippen molar-refractivity contribution in [2.45, 2.75) is 46.4 Å². The number of anilines is 1. The minimum absolute atomic E-state index is 0.0160. The van der Waals surface area contributed by atoms with Crippen LogP contribution in [0.5, 0.6) is 0 Å². The van der Waals surface area contributed by atoms with Crippen LogP contribution in [0.2, 0.25) is 0 Å². The number of ether oxygens (including phenoxy) is 2. The lowest BCUT2D eigenvalue weighted by Gasteiger charge is -2.34. The van der Waals surface area contributed by atoms with Crippen molar-refractivity contribution in [2.24, 2.45) is 0 Å². The van der Waals surface area contributed by atoms with Gasteiger partial charge >= 0.3 is 5.97 Å². The first kappa shape index (κ1) is 18.4. The van der Waals surface area contributed by atoms with Crippen LogP contribution in [0.4, 0.5) is 5.82 Å². The number of rotatable bonds is 5. The molecule has 140 valence electrons.